The number of nitrogen functional groups attached to an aromatic ring is 2. The summed E-state index contributed by atoms with van der Waals surface area (Å²) in [5.74, 6) is -0.853. The third-order valence-corrected chi connectivity index (χ3v) is 5.54. The molecule has 5 rings (SSSR count). The first-order valence-corrected chi connectivity index (χ1v) is 12.7. The van der Waals surface area contributed by atoms with Gasteiger partial charge in [-0.15, -0.1) is 0 Å². The number of rotatable bonds is 6. The van der Waals surface area contributed by atoms with E-state index in [0.717, 1.165) is 25.5 Å². The number of nitro benzene ring substituents is 1. The average molecular weight is 605 g/mol. The molecule has 6 N–H and O–H groups in total. The highest BCUT2D eigenvalue weighted by atomic mass is 16.6. The second-order valence-electron chi connectivity index (χ2n) is 8.79. The lowest BCUT2D eigenvalue weighted by Gasteiger charge is -2.04. The van der Waals surface area contributed by atoms with Gasteiger partial charge >= 0.3 is 0 Å². The monoisotopic (exact) mass is 604 g/mol. The van der Waals surface area contributed by atoms with Crippen molar-refractivity contribution in [1.82, 2.24) is 9.97 Å². The zero-order valence-corrected chi connectivity index (χ0v) is 22.7. The second kappa shape index (κ2) is 17.1. The molecule has 2 amide bonds. The van der Waals surface area contributed by atoms with E-state index < -0.39 is 15.8 Å². The standard InChI is InChI=1S/C12H8N4O5.C12H12N4O.C4H8O.CH4/c17-12(11-6-5-10(7-13-11)16(20)21)14-8-1-3-9(4-2-8)15(18)19;13-8-1-4-10(5-2-8)16-12(17)11-6-3-9(14)7-15-11;1-2-4-5-3-1;/h1-7H,(H,14,17);1-7H,13-14H2,(H,16,17);1-4H2;1H4. The molecule has 3 heterocycles. The Hall–Kier alpha value is -5.96. The number of anilines is 4. The van der Waals surface area contributed by atoms with Crippen molar-refractivity contribution in [3.8, 4) is 0 Å². The fourth-order valence-corrected chi connectivity index (χ4v) is 3.30. The van der Waals surface area contributed by atoms with Crippen LogP contribution in [0, 0.1) is 20.2 Å². The number of pyridine rings is 2. The second-order valence-corrected chi connectivity index (χ2v) is 8.79. The number of benzene rings is 2. The maximum atomic E-state index is 11.8. The number of amides is 2. The van der Waals surface area contributed by atoms with E-state index in [1.807, 2.05) is 0 Å². The van der Waals surface area contributed by atoms with E-state index in [0.29, 0.717) is 28.4 Å². The first-order valence-electron chi connectivity index (χ1n) is 12.7. The van der Waals surface area contributed by atoms with Gasteiger partial charge in [0, 0.05) is 48.5 Å². The van der Waals surface area contributed by atoms with Crippen molar-refractivity contribution < 1.29 is 24.2 Å². The molecular weight excluding hydrogens is 572 g/mol. The molecule has 15 heteroatoms. The van der Waals surface area contributed by atoms with Crippen molar-refractivity contribution in [1.29, 1.82) is 0 Å². The normalized spacial score (nSPS) is 11.3. The molecule has 0 unspecified atom stereocenters. The van der Waals surface area contributed by atoms with Crippen LogP contribution in [0.4, 0.5) is 34.1 Å². The summed E-state index contributed by atoms with van der Waals surface area (Å²) >= 11 is 0. The third kappa shape index (κ3) is 11.1. The Balaban J connectivity index is 0.000000263. The zero-order valence-electron chi connectivity index (χ0n) is 22.7. The van der Waals surface area contributed by atoms with Crippen LogP contribution in [0.5, 0.6) is 0 Å². The number of nitrogens with zero attached hydrogens (tertiary/aromatic N) is 4. The van der Waals surface area contributed by atoms with E-state index in [2.05, 4.69) is 20.6 Å². The van der Waals surface area contributed by atoms with Crippen LogP contribution in [0.25, 0.3) is 0 Å². The Kier molecular flexibility index (Phi) is 13.3. The molecule has 1 aliphatic rings. The lowest BCUT2D eigenvalue weighted by atomic mass is 10.2. The van der Waals surface area contributed by atoms with Gasteiger partial charge in [0.2, 0.25) is 0 Å². The van der Waals surface area contributed by atoms with E-state index in [-0.39, 0.29) is 30.4 Å². The van der Waals surface area contributed by atoms with Gasteiger partial charge in [-0.2, -0.15) is 0 Å². The van der Waals surface area contributed by atoms with Crippen LogP contribution in [0.2, 0.25) is 0 Å². The number of aromatic nitrogens is 2. The predicted molar refractivity (Wildman–Crippen MR) is 166 cm³/mol. The Morgan fingerprint density at radius 2 is 1.09 bits per heavy atom. The van der Waals surface area contributed by atoms with E-state index in [9.17, 15) is 29.8 Å². The van der Waals surface area contributed by atoms with Crippen LogP contribution in [0.15, 0.2) is 85.2 Å². The number of nitrogens with two attached hydrogens (primary N) is 2. The summed E-state index contributed by atoms with van der Waals surface area (Å²) in [6.45, 7) is 2.00. The predicted octanol–water partition coefficient (Wildman–Crippen LogP) is 5.08. The van der Waals surface area contributed by atoms with Crippen molar-refractivity contribution in [3.05, 3.63) is 117 Å². The minimum atomic E-state index is -0.620. The number of hydrogen-bond acceptors (Lipinski definition) is 11. The van der Waals surface area contributed by atoms with Gasteiger partial charge in [0.25, 0.3) is 23.2 Å². The molecule has 0 saturated carbocycles. The molecule has 2 aromatic carbocycles. The number of nitro groups is 2. The van der Waals surface area contributed by atoms with Gasteiger partial charge in [0.05, 0.1) is 21.7 Å². The van der Waals surface area contributed by atoms with Crippen molar-refractivity contribution in [2.45, 2.75) is 20.3 Å². The molecule has 230 valence electrons. The van der Waals surface area contributed by atoms with E-state index in [4.69, 9.17) is 16.2 Å². The van der Waals surface area contributed by atoms with Gasteiger partial charge in [-0.25, -0.2) is 9.97 Å². The molecule has 0 radical (unpaired) electrons. The average Bonchev–Trinajstić information content (AvgIpc) is 3.60. The Labute approximate surface area is 252 Å². The lowest BCUT2D eigenvalue weighted by molar-refractivity contribution is -0.385. The highest BCUT2D eigenvalue weighted by Gasteiger charge is 2.12. The minimum absolute atomic E-state index is 0. The van der Waals surface area contributed by atoms with Crippen LogP contribution in [-0.4, -0.2) is 44.8 Å². The molecule has 1 saturated heterocycles. The van der Waals surface area contributed by atoms with Gasteiger partial charge in [-0.3, -0.25) is 29.8 Å². The molecular formula is C29H32N8O7. The van der Waals surface area contributed by atoms with Crippen molar-refractivity contribution in [3.63, 3.8) is 0 Å². The summed E-state index contributed by atoms with van der Waals surface area (Å²) in [6.07, 6.45) is 4.97. The molecule has 0 aliphatic carbocycles. The number of hydrogen-bond donors (Lipinski definition) is 4. The van der Waals surface area contributed by atoms with Crippen molar-refractivity contribution in [2.75, 3.05) is 35.3 Å². The Bertz CT molecular complexity index is 1520. The molecule has 1 fully saturated rings. The highest BCUT2D eigenvalue weighted by molar-refractivity contribution is 6.03. The molecule has 0 spiro atoms. The molecule has 44 heavy (non-hydrogen) atoms. The summed E-state index contributed by atoms with van der Waals surface area (Å²) in [4.78, 5) is 51.0. The van der Waals surface area contributed by atoms with Crippen molar-refractivity contribution in [2.24, 2.45) is 0 Å². The van der Waals surface area contributed by atoms with Crippen LogP contribution in [0.3, 0.4) is 0 Å². The first kappa shape index (κ1) is 34.2. The zero-order chi connectivity index (χ0) is 31.2. The minimum Gasteiger partial charge on any atom is -0.399 e. The summed E-state index contributed by atoms with van der Waals surface area (Å²) in [7, 11) is 0. The summed E-state index contributed by atoms with van der Waals surface area (Å²) in [5.41, 5.74) is 13.2. The number of nitrogens with one attached hydrogen (secondary N) is 2. The fourth-order valence-electron chi connectivity index (χ4n) is 3.30. The first-order chi connectivity index (χ1) is 20.6. The molecule has 1 aliphatic heterocycles. The SMILES string of the molecule is C.C1CCOC1.Nc1ccc(NC(=O)c2ccc(N)cn2)cc1.O=C(Nc1ccc([N+](=O)[O-])cc1)c1ccc([N+](=O)[O-])cn1. The van der Waals surface area contributed by atoms with Gasteiger partial charge in [0.1, 0.15) is 17.6 Å². The topological polar surface area (TPSA) is 232 Å². The van der Waals surface area contributed by atoms with Crippen molar-refractivity contribution >= 4 is 45.9 Å². The summed E-state index contributed by atoms with van der Waals surface area (Å²) in [6, 6.07) is 17.7. The van der Waals surface area contributed by atoms with Gasteiger partial charge in [0.15, 0.2) is 0 Å². The van der Waals surface area contributed by atoms with Gasteiger partial charge < -0.3 is 26.8 Å². The molecule has 0 bridgehead atoms. The van der Waals surface area contributed by atoms with Gasteiger partial charge in [-0.05, 0) is 67.4 Å². The molecule has 0 atom stereocenters. The number of non-ortho nitro benzene ring substituents is 1. The number of carbonyl (C=O) groups excluding carboxylic acids is 2. The Morgan fingerprint density at radius 3 is 1.48 bits per heavy atom. The maximum Gasteiger partial charge on any atom is 0.287 e. The van der Waals surface area contributed by atoms with Gasteiger partial charge in [-0.1, -0.05) is 7.43 Å². The summed E-state index contributed by atoms with van der Waals surface area (Å²) in [5, 5.41) is 26.2. The molecule has 15 nitrogen and oxygen atoms in total. The van der Waals surface area contributed by atoms with Crippen LogP contribution in [-0.2, 0) is 4.74 Å². The van der Waals surface area contributed by atoms with E-state index in [1.165, 1.54) is 49.4 Å². The maximum absolute atomic E-state index is 11.8. The molecule has 2 aromatic heterocycles. The van der Waals surface area contributed by atoms with Crippen LogP contribution < -0.4 is 22.1 Å². The Morgan fingerprint density at radius 1 is 0.659 bits per heavy atom. The third-order valence-electron chi connectivity index (χ3n) is 5.54. The smallest absolute Gasteiger partial charge is 0.287 e. The molecule has 4 aromatic rings. The lowest BCUT2D eigenvalue weighted by Crippen LogP contribution is -2.13. The number of ether oxygens (including phenoxy) is 1. The van der Waals surface area contributed by atoms with Crippen LogP contribution >= 0.6 is 0 Å². The quantitative estimate of drug-likeness (QED) is 0.129. The largest absolute Gasteiger partial charge is 0.399 e. The van der Waals surface area contributed by atoms with Crippen LogP contribution in [0.1, 0.15) is 41.2 Å². The highest BCUT2D eigenvalue weighted by Crippen LogP contribution is 2.17. The fraction of sp³-hybridized carbons (Fsp3) is 0.172. The number of carbonyl (C=O) groups is 2. The van der Waals surface area contributed by atoms with E-state index in [1.54, 1.807) is 36.4 Å². The summed E-state index contributed by atoms with van der Waals surface area (Å²) < 4.78 is 4.94. The van der Waals surface area contributed by atoms with E-state index >= 15 is 0 Å².